The van der Waals surface area contributed by atoms with Gasteiger partial charge in [-0.1, -0.05) is 25.1 Å². The van der Waals surface area contributed by atoms with Crippen LogP contribution in [0.15, 0.2) is 95.3 Å². The van der Waals surface area contributed by atoms with Gasteiger partial charge in [-0.25, -0.2) is 36.9 Å². The highest BCUT2D eigenvalue weighted by Gasteiger charge is 2.26. The van der Waals surface area contributed by atoms with Crippen molar-refractivity contribution in [2.75, 3.05) is 4.72 Å². The fraction of sp³-hybridized carbons (Fsp3) is 0.147. The predicted octanol–water partition coefficient (Wildman–Crippen LogP) is 3.64. The number of carboxylic acids is 1. The lowest BCUT2D eigenvalue weighted by Crippen LogP contribution is -2.42. The molecule has 0 fully saturated rings. The second kappa shape index (κ2) is 13.9. The topological polar surface area (TPSA) is 191 Å². The van der Waals surface area contributed by atoms with E-state index in [1.165, 1.54) is 59.7 Å². The highest BCUT2D eigenvalue weighted by molar-refractivity contribution is 7.92. The number of amides is 1. The van der Waals surface area contributed by atoms with Crippen molar-refractivity contribution in [3.63, 3.8) is 0 Å². The molecule has 0 aliphatic carbocycles. The largest absolute Gasteiger partial charge is 0.480 e. The van der Waals surface area contributed by atoms with Gasteiger partial charge in [-0.3, -0.25) is 24.0 Å². The number of anilines is 1. The lowest BCUT2D eigenvalue weighted by atomic mass is 10.1. The zero-order chi connectivity index (χ0) is 36.4. The average Bonchev–Trinajstić information content (AvgIpc) is 3.38. The van der Waals surface area contributed by atoms with E-state index < -0.39 is 50.8 Å². The van der Waals surface area contributed by atoms with E-state index in [1.54, 1.807) is 30.2 Å². The van der Waals surface area contributed by atoms with Gasteiger partial charge < -0.3 is 10.4 Å². The van der Waals surface area contributed by atoms with Crippen molar-refractivity contribution in [3.05, 3.63) is 125 Å². The third-order valence-corrected chi connectivity index (χ3v) is 9.39. The number of carboxylic acid groups (broad SMARTS) is 1. The van der Waals surface area contributed by atoms with Crippen LogP contribution in [0.1, 0.15) is 28.7 Å². The fourth-order valence-electron chi connectivity index (χ4n) is 5.29. The van der Waals surface area contributed by atoms with Crippen molar-refractivity contribution in [1.82, 2.24) is 34.6 Å². The number of aryl methyl sites for hydroxylation is 2. The van der Waals surface area contributed by atoms with Gasteiger partial charge in [0.1, 0.15) is 23.5 Å². The van der Waals surface area contributed by atoms with Gasteiger partial charge in [0.2, 0.25) is 0 Å². The minimum absolute atomic E-state index is 0.243. The molecule has 3 N–H and O–H groups in total. The van der Waals surface area contributed by atoms with E-state index in [1.807, 2.05) is 11.6 Å². The number of hydrogen-bond acceptors (Lipinski definition) is 9. The van der Waals surface area contributed by atoms with Crippen molar-refractivity contribution < 1.29 is 31.9 Å². The first-order valence-electron chi connectivity index (χ1n) is 15.3. The fourth-order valence-corrected chi connectivity index (χ4v) is 6.35. The number of aliphatic carboxylic acids is 1. The summed E-state index contributed by atoms with van der Waals surface area (Å²) < 4.78 is 61.0. The number of hydrogen-bond donors (Lipinski definition) is 3. The molecule has 0 spiro atoms. The van der Waals surface area contributed by atoms with E-state index in [-0.39, 0.29) is 22.7 Å². The van der Waals surface area contributed by atoms with Gasteiger partial charge in [-0.15, -0.1) is 0 Å². The summed E-state index contributed by atoms with van der Waals surface area (Å²) in [5.41, 5.74) is 0.266. The summed E-state index contributed by atoms with van der Waals surface area (Å²) in [6, 6.07) is 9.53. The molecule has 0 aliphatic rings. The molecule has 0 bridgehead atoms. The maximum absolute atomic E-state index is 15.1. The Hall–Kier alpha value is -6.36. The van der Waals surface area contributed by atoms with Crippen LogP contribution in [-0.2, 0) is 34.7 Å². The monoisotopic (exact) mass is 714 g/mol. The third-order valence-electron chi connectivity index (χ3n) is 8.01. The maximum Gasteiger partial charge on any atom is 0.326 e. The number of aromatic nitrogens is 6. The van der Waals surface area contributed by atoms with Crippen molar-refractivity contribution in [1.29, 1.82) is 0 Å². The minimum atomic E-state index is -4.39. The molecule has 6 aromatic rings. The van der Waals surface area contributed by atoms with Crippen LogP contribution in [0, 0.1) is 11.6 Å². The Kier molecular flexibility index (Phi) is 9.38. The predicted molar refractivity (Wildman–Crippen MR) is 181 cm³/mol. The van der Waals surface area contributed by atoms with E-state index >= 15 is 8.78 Å². The molecule has 260 valence electrons. The van der Waals surface area contributed by atoms with Gasteiger partial charge in [0.05, 0.1) is 33.2 Å². The normalized spacial score (nSPS) is 12.1. The number of carbonyl (C=O) groups is 2. The number of fused-ring (bicyclic) bond motifs is 1. The highest BCUT2D eigenvalue weighted by atomic mass is 32.2. The van der Waals surface area contributed by atoms with Gasteiger partial charge in [-0.2, -0.15) is 4.68 Å². The molecule has 0 aliphatic heterocycles. The Morgan fingerprint density at radius 3 is 2.27 bits per heavy atom. The Balaban J connectivity index is 1.14. The van der Waals surface area contributed by atoms with E-state index in [4.69, 9.17) is 0 Å². The van der Waals surface area contributed by atoms with Crippen LogP contribution in [0.4, 0.5) is 14.5 Å². The molecule has 17 heteroatoms. The van der Waals surface area contributed by atoms with E-state index in [0.29, 0.717) is 52.0 Å². The molecular weight excluding hydrogens is 686 g/mol. The second-order valence-electron chi connectivity index (χ2n) is 11.3. The summed E-state index contributed by atoms with van der Waals surface area (Å²) in [5, 5.41) is 12.4. The molecule has 2 aromatic carbocycles. The summed E-state index contributed by atoms with van der Waals surface area (Å²) >= 11 is 0. The van der Waals surface area contributed by atoms with Gasteiger partial charge >= 0.3 is 5.97 Å². The first-order chi connectivity index (χ1) is 24.4. The lowest BCUT2D eigenvalue weighted by Gasteiger charge is -2.16. The van der Waals surface area contributed by atoms with Gasteiger partial charge in [0.15, 0.2) is 5.82 Å². The summed E-state index contributed by atoms with van der Waals surface area (Å²) in [5.74, 6) is -4.40. The molecule has 0 radical (unpaired) electrons. The van der Waals surface area contributed by atoms with E-state index in [9.17, 15) is 27.9 Å². The molecule has 0 saturated carbocycles. The van der Waals surface area contributed by atoms with Crippen LogP contribution >= 0.6 is 0 Å². The van der Waals surface area contributed by atoms with E-state index in [2.05, 4.69) is 25.3 Å². The summed E-state index contributed by atoms with van der Waals surface area (Å²) in [4.78, 5) is 54.3. The number of benzene rings is 2. The zero-order valence-corrected chi connectivity index (χ0v) is 27.7. The number of nitrogens with zero attached hydrogens (tertiary/aromatic N) is 6. The Morgan fingerprint density at radius 2 is 1.65 bits per heavy atom. The van der Waals surface area contributed by atoms with Crippen LogP contribution in [0.25, 0.3) is 27.8 Å². The second-order valence-corrected chi connectivity index (χ2v) is 13.0. The SMILES string of the molecule is CCc1ncc(-c2ccc(S(=O)(=O)Nc3cc(F)c(C(=O)N[C@@H](Cc4ccc(-n5c(=O)c6ccncc6n5C)nc4)C(=O)O)cc3F)cc2)cn1. The van der Waals surface area contributed by atoms with Crippen LogP contribution < -0.4 is 15.6 Å². The van der Waals surface area contributed by atoms with Crippen LogP contribution in [0.2, 0.25) is 0 Å². The zero-order valence-electron chi connectivity index (χ0n) is 26.9. The molecule has 1 atom stereocenters. The van der Waals surface area contributed by atoms with Crippen LogP contribution in [-0.4, -0.2) is 60.7 Å². The Bertz CT molecular complexity index is 2450. The number of rotatable bonds is 11. The minimum Gasteiger partial charge on any atom is -0.480 e. The molecule has 1 amide bonds. The smallest absolute Gasteiger partial charge is 0.326 e. The van der Waals surface area contributed by atoms with Gasteiger partial charge in [0, 0.05) is 56.3 Å². The summed E-state index contributed by atoms with van der Waals surface area (Å²) in [6.45, 7) is 1.91. The lowest BCUT2D eigenvalue weighted by molar-refractivity contribution is -0.139. The van der Waals surface area contributed by atoms with Gasteiger partial charge in [0.25, 0.3) is 21.5 Å². The number of pyridine rings is 2. The Morgan fingerprint density at radius 1 is 0.922 bits per heavy atom. The summed E-state index contributed by atoms with van der Waals surface area (Å²) in [6.07, 6.45) is 7.92. The number of carbonyl (C=O) groups excluding carboxylic acids is 1. The first-order valence-corrected chi connectivity index (χ1v) is 16.8. The van der Waals surface area contributed by atoms with Crippen molar-refractivity contribution in [2.45, 2.75) is 30.7 Å². The molecule has 4 heterocycles. The van der Waals surface area contributed by atoms with Gasteiger partial charge in [-0.05, 0) is 41.5 Å². The number of sulfonamides is 1. The third kappa shape index (κ3) is 7.04. The molecule has 14 nitrogen and oxygen atoms in total. The highest BCUT2D eigenvalue weighted by Crippen LogP contribution is 2.25. The van der Waals surface area contributed by atoms with Crippen molar-refractivity contribution >= 4 is 38.5 Å². The van der Waals surface area contributed by atoms with Crippen molar-refractivity contribution in [2.24, 2.45) is 7.05 Å². The summed E-state index contributed by atoms with van der Waals surface area (Å²) in [7, 11) is -2.73. The molecular formula is C34H28F2N8O6S. The standard InChI is InChI=1S/C34H28F2N8O6S/c1-3-30-38-16-21(17-39-30)20-5-7-22(8-6-20)51(49,50)42-27-14-25(35)24(13-26(27)36)32(45)41-28(34(47)48)12-19-4-9-31(40-15-19)44-33(46)23-10-11-37-18-29(23)43(44)2/h4-11,13-18,28,42H,3,12H2,1-2H3,(H,41,45)(H,47,48)/t28-/m0/s1. The van der Waals surface area contributed by atoms with E-state index in [0.717, 1.165) is 0 Å². The quantitative estimate of drug-likeness (QED) is 0.179. The van der Waals surface area contributed by atoms with Crippen LogP contribution in [0.3, 0.4) is 0 Å². The molecule has 0 unspecified atom stereocenters. The number of halogens is 2. The molecule has 51 heavy (non-hydrogen) atoms. The first kappa shape index (κ1) is 34.5. The molecule has 4 aromatic heterocycles. The number of nitrogens with one attached hydrogen (secondary N) is 2. The maximum atomic E-state index is 15.1. The van der Waals surface area contributed by atoms with Crippen molar-refractivity contribution in [3.8, 4) is 16.9 Å². The van der Waals surface area contributed by atoms with Crippen LogP contribution in [0.5, 0.6) is 0 Å². The Labute approximate surface area is 288 Å². The molecule has 0 saturated heterocycles. The average molecular weight is 715 g/mol. The molecule has 6 rings (SSSR count).